The Morgan fingerprint density at radius 1 is 1.21 bits per heavy atom. The van der Waals surface area contributed by atoms with Crippen molar-refractivity contribution in [1.29, 1.82) is 0 Å². The van der Waals surface area contributed by atoms with Crippen LogP contribution in [0.1, 0.15) is 28.2 Å². The number of fused-ring (bicyclic) bond motifs is 1. The number of nitrogens with one attached hydrogen (secondary N) is 1. The molecule has 1 amide bonds. The summed E-state index contributed by atoms with van der Waals surface area (Å²) in [6.07, 6.45) is -4.04. The van der Waals surface area contributed by atoms with Crippen LogP contribution in [0, 0.1) is 6.92 Å². The maximum absolute atomic E-state index is 13.8. The van der Waals surface area contributed by atoms with Gasteiger partial charge in [0.2, 0.25) is 0 Å². The number of aromatic nitrogens is 3. The number of hydrogen-bond acceptors (Lipinski definition) is 5. The minimum atomic E-state index is -4.72. The molecule has 0 spiro atoms. The largest absolute Gasteiger partial charge is 0.433 e. The molecule has 0 aliphatic carbocycles. The zero-order chi connectivity index (χ0) is 23.6. The van der Waals surface area contributed by atoms with Crippen molar-refractivity contribution in [2.75, 3.05) is 39.4 Å². The van der Waals surface area contributed by atoms with E-state index in [9.17, 15) is 18.0 Å². The fourth-order valence-corrected chi connectivity index (χ4v) is 3.87. The molecule has 0 radical (unpaired) electrons. The lowest BCUT2D eigenvalue weighted by atomic mass is 10.1. The second-order valence-corrected chi connectivity index (χ2v) is 8.23. The highest BCUT2D eigenvalue weighted by Gasteiger charge is 2.36. The molecule has 3 heterocycles. The highest BCUT2D eigenvalue weighted by molar-refractivity contribution is 6.36. The van der Waals surface area contributed by atoms with Crippen LogP contribution in [0.15, 0.2) is 30.3 Å². The van der Waals surface area contributed by atoms with Crippen molar-refractivity contribution in [3.05, 3.63) is 52.3 Å². The first-order valence-electron chi connectivity index (χ1n) is 10.6. The fraction of sp³-hybridized carbons (Fsp3) is 0.409. The molecule has 7 nitrogen and oxygen atoms in total. The number of hydrogen-bond donors (Lipinski definition) is 1. The summed E-state index contributed by atoms with van der Waals surface area (Å²) in [5.74, 6) is -0.641. The predicted molar refractivity (Wildman–Crippen MR) is 117 cm³/mol. The number of benzene rings is 1. The lowest BCUT2D eigenvalue weighted by molar-refractivity contribution is -0.142. The van der Waals surface area contributed by atoms with Gasteiger partial charge < -0.3 is 10.1 Å². The minimum absolute atomic E-state index is 0.0918. The van der Waals surface area contributed by atoms with Crippen LogP contribution in [0.5, 0.6) is 0 Å². The number of carbonyl (C=O) groups is 1. The second kappa shape index (κ2) is 9.66. The SMILES string of the molecule is Cc1ccc(-c2cc(C(F)(F)F)n3nc(C(=O)NCCCN4CCOCC4)c(Cl)c3n2)cc1. The van der Waals surface area contributed by atoms with Gasteiger partial charge in [0.15, 0.2) is 17.0 Å². The maximum atomic E-state index is 13.8. The molecule has 33 heavy (non-hydrogen) atoms. The van der Waals surface area contributed by atoms with Gasteiger partial charge in [-0.05, 0) is 26.0 Å². The Kier molecular flexibility index (Phi) is 6.87. The molecule has 11 heteroatoms. The summed E-state index contributed by atoms with van der Waals surface area (Å²) < 4.78 is 47.3. The van der Waals surface area contributed by atoms with Crippen LogP contribution >= 0.6 is 11.6 Å². The van der Waals surface area contributed by atoms with Crippen molar-refractivity contribution in [3.63, 3.8) is 0 Å². The van der Waals surface area contributed by atoms with Gasteiger partial charge >= 0.3 is 6.18 Å². The molecule has 1 N–H and O–H groups in total. The van der Waals surface area contributed by atoms with E-state index in [0.29, 0.717) is 36.3 Å². The van der Waals surface area contributed by atoms with Gasteiger partial charge in [0, 0.05) is 25.2 Å². The van der Waals surface area contributed by atoms with Gasteiger partial charge in [-0.15, -0.1) is 0 Å². The summed E-state index contributed by atoms with van der Waals surface area (Å²) in [5, 5.41) is 6.32. The van der Waals surface area contributed by atoms with E-state index in [0.717, 1.165) is 31.3 Å². The van der Waals surface area contributed by atoms with Gasteiger partial charge in [0.05, 0.1) is 18.9 Å². The Hall–Kier alpha value is -2.69. The standard InChI is InChI=1S/C22H23ClF3N5O2/c1-14-3-5-15(6-4-14)16-13-17(22(24,25)26)31-20(28-16)18(23)19(29-31)21(32)27-7-2-8-30-9-11-33-12-10-30/h3-6,13H,2,7-12H2,1H3,(H,27,32). The topological polar surface area (TPSA) is 71.8 Å². The average Bonchev–Trinajstić information content (AvgIpc) is 3.13. The van der Waals surface area contributed by atoms with E-state index in [-0.39, 0.29) is 22.1 Å². The molecule has 0 atom stereocenters. The van der Waals surface area contributed by atoms with Crippen LogP contribution < -0.4 is 5.32 Å². The Balaban J connectivity index is 1.58. The normalized spacial score (nSPS) is 15.2. The molecular formula is C22H23ClF3N5O2. The highest BCUT2D eigenvalue weighted by atomic mass is 35.5. The summed E-state index contributed by atoms with van der Waals surface area (Å²) in [6, 6.07) is 7.83. The maximum Gasteiger partial charge on any atom is 0.433 e. The minimum Gasteiger partial charge on any atom is -0.379 e. The molecule has 0 unspecified atom stereocenters. The lowest BCUT2D eigenvalue weighted by Gasteiger charge is -2.26. The number of carbonyl (C=O) groups excluding carboxylic acids is 1. The first-order chi connectivity index (χ1) is 15.7. The Bertz CT molecular complexity index is 1140. The van der Waals surface area contributed by atoms with Gasteiger partial charge in [0.25, 0.3) is 5.91 Å². The van der Waals surface area contributed by atoms with Gasteiger partial charge in [-0.3, -0.25) is 9.69 Å². The number of morpholine rings is 1. The molecule has 1 aliphatic rings. The smallest absolute Gasteiger partial charge is 0.379 e. The molecule has 3 aromatic rings. The quantitative estimate of drug-likeness (QED) is 0.542. The number of alkyl halides is 3. The summed E-state index contributed by atoms with van der Waals surface area (Å²) >= 11 is 6.30. The van der Waals surface area contributed by atoms with Crippen LogP contribution in [-0.4, -0.2) is 64.8 Å². The Morgan fingerprint density at radius 3 is 2.58 bits per heavy atom. The highest BCUT2D eigenvalue weighted by Crippen LogP contribution is 2.34. The van der Waals surface area contributed by atoms with E-state index in [1.807, 2.05) is 6.92 Å². The van der Waals surface area contributed by atoms with E-state index in [1.165, 1.54) is 0 Å². The van der Waals surface area contributed by atoms with Crippen LogP contribution in [0.25, 0.3) is 16.9 Å². The number of aryl methyl sites for hydroxylation is 1. The van der Waals surface area contributed by atoms with Crippen LogP contribution in [0.2, 0.25) is 5.02 Å². The van der Waals surface area contributed by atoms with Crippen LogP contribution in [-0.2, 0) is 10.9 Å². The first kappa shape index (κ1) is 23.5. The van der Waals surface area contributed by atoms with Crippen molar-refractivity contribution in [1.82, 2.24) is 24.8 Å². The lowest BCUT2D eigenvalue weighted by Crippen LogP contribution is -2.38. The number of halogens is 4. The van der Waals surface area contributed by atoms with Crippen molar-refractivity contribution in [2.24, 2.45) is 0 Å². The van der Waals surface area contributed by atoms with E-state index < -0.39 is 17.8 Å². The molecule has 0 saturated carbocycles. The van der Waals surface area contributed by atoms with Gasteiger partial charge in [-0.2, -0.15) is 18.3 Å². The Labute approximate surface area is 193 Å². The summed E-state index contributed by atoms with van der Waals surface area (Å²) in [5.41, 5.74) is -0.0149. The molecule has 0 bridgehead atoms. The van der Waals surface area contributed by atoms with E-state index >= 15 is 0 Å². The van der Waals surface area contributed by atoms with Gasteiger partial charge in [-0.1, -0.05) is 41.4 Å². The number of amides is 1. The summed E-state index contributed by atoms with van der Waals surface area (Å²) in [6.45, 7) is 6.03. The van der Waals surface area contributed by atoms with Gasteiger partial charge in [0.1, 0.15) is 5.02 Å². The number of ether oxygens (including phenoxy) is 1. The average molecular weight is 482 g/mol. The number of nitrogens with zero attached hydrogens (tertiary/aromatic N) is 4. The molecule has 176 valence electrons. The second-order valence-electron chi connectivity index (χ2n) is 7.85. The van der Waals surface area contributed by atoms with Gasteiger partial charge in [-0.25, -0.2) is 9.50 Å². The van der Waals surface area contributed by atoms with Crippen molar-refractivity contribution < 1.29 is 22.7 Å². The van der Waals surface area contributed by atoms with E-state index in [4.69, 9.17) is 16.3 Å². The molecule has 1 aliphatic heterocycles. The third kappa shape index (κ3) is 5.29. The molecule has 1 aromatic carbocycles. The fourth-order valence-electron chi connectivity index (χ4n) is 3.62. The summed E-state index contributed by atoms with van der Waals surface area (Å²) in [7, 11) is 0. The van der Waals surface area contributed by atoms with Crippen molar-refractivity contribution >= 4 is 23.2 Å². The van der Waals surface area contributed by atoms with E-state index in [2.05, 4.69) is 20.3 Å². The summed E-state index contributed by atoms with van der Waals surface area (Å²) in [4.78, 5) is 19.1. The van der Waals surface area contributed by atoms with Crippen LogP contribution in [0.3, 0.4) is 0 Å². The molecule has 1 fully saturated rings. The van der Waals surface area contributed by atoms with Crippen LogP contribution in [0.4, 0.5) is 13.2 Å². The monoisotopic (exact) mass is 481 g/mol. The first-order valence-corrected chi connectivity index (χ1v) is 10.9. The zero-order valence-electron chi connectivity index (χ0n) is 18.0. The molecule has 1 saturated heterocycles. The molecule has 4 rings (SSSR count). The zero-order valence-corrected chi connectivity index (χ0v) is 18.7. The third-order valence-corrected chi connectivity index (χ3v) is 5.77. The van der Waals surface area contributed by atoms with E-state index in [1.54, 1.807) is 24.3 Å². The molecule has 2 aromatic heterocycles. The predicted octanol–water partition coefficient (Wildman–Crippen LogP) is 3.83. The number of rotatable bonds is 6. The van der Waals surface area contributed by atoms with Crippen molar-refractivity contribution in [3.8, 4) is 11.3 Å². The van der Waals surface area contributed by atoms with Crippen molar-refractivity contribution in [2.45, 2.75) is 19.5 Å². The molecular weight excluding hydrogens is 459 g/mol. The Morgan fingerprint density at radius 2 is 1.91 bits per heavy atom. The third-order valence-electron chi connectivity index (χ3n) is 5.43.